The molecular weight excluding hydrogens is 194 g/mol. The Morgan fingerprint density at radius 3 is 2.67 bits per heavy atom. The summed E-state index contributed by atoms with van der Waals surface area (Å²) in [4.78, 5) is 11.3. The summed E-state index contributed by atoms with van der Waals surface area (Å²) in [5.74, 6) is -0.234. The lowest BCUT2D eigenvalue weighted by atomic mass is 9.89. The molecule has 0 radical (unpaired) electrons. The van der Waals surface area contributed by atoms with Crippen molar-refractivity contribution in [2.45, 2.75) is 39.0 Å². The summed E-state index contributed by atoms with van der Waals surface area (Å²) in [6.45, 7) is 2.87. The molecule has 0 heterocycles. The Labute approximate surface area is 89.7 Å². The summed E-state index contributed by atoms with van der Waals surface area (Å²) in [6, 6.07) is 0. The van der Waals surface area contributed by atoms with Gasteiger partial charge in [-0.3, -0.25) is 4.79 Å². The maximum atomic E-state index is 11.3. The fraction of sp³-hybridized carbons (Fsp3) is 0.800. The van der Waals surface area contributed by atoms with Gasteiger partial charge in [0.15, 0.2) is 0 Å². The van der Waals surface area contributed by atoms with E-state index in [1.54, 1.807) is 0 Å². The minimum absolute atomic E-state index is 0.0351. The normalized spacial score (nSPS) is 20.2. The van der Waals surface area contributed by atoms with Crippen LogP contribution in [0.1, 0.15) is 39.0 Å². The molecule has 86 valence electrons. The topological polar surface area (TPSA) is 87.7 Å². The minimum atomic E-state index is -0.182. The van der Waals surface area contributed by atoms with Crippen molar-refractivity contribution in [3.8, 4) is 0 Å². The van der Waals surface area contributed by atoms with E-state index in [9.17, 15) is 4.79 Å². The van der Waals surface area contributed by atoms with Crippen molar-refractivity contribution in [3.05, 3.63) is 0 Å². The number of hydrogen-bond donors (Lipinski definition) is 3. The molecule has 4 N–H and O–H groups in total. The second-order valence-corrected chi connectivity index (χ2v) is 4.56. The molecule has 0 atom stereocenters. The van der Waals surface area contributed by atoms with Gasteiger partial charge in [-0.25, -0.2) is 0 Å². The van der Waals surface area contributed by atoms with Crippen LogP contribution in [0.4, 0.5) is 0 Å². The summed E-state index contributed by atoms with van der Waals surface area (Å²) in [5, 5.41) is 13.9. The second-order valence-electron chi connectivity index (χ2n) is 4.56. The zero-order valence-corrected chi connectivity index (χ0v) is 9.12. The molecule has 0 saturated heterocycles. The predicted octanol–water partition coefficient (Wildman–Crippen LogP) is 0.819. The highest BCUT2D eigenvalue weighted by Crippen LogP contribution is 2.36. The number of nitrogens with one attached hydrogen (secondary N) is 1. The van der Waals surface area contributed by atoms with Crippen LogP contribution in [-0.4, -0.2) is 23.5 Å². The second kappa shape index (κ2) is 5.00. The lowest BCUT2D eigenvalue weighted by Crippen LogP contribution is -2.36. The molecule has 1 saturated carbocycles. The van der Waals surface area contributed by atoms with Crippen molar-refractivity contribution in [2.24, 2.45) is 16.3 Å². The number of nitrogens with zero attached hydrogens (tertiary/aromatic N) is 1. The molecule has 0 unspecified atom stereocenters. The molecular formula is C10H19N3O2. The van der Waals surface area contributed by atoms with Crippen LogP contribution in [0, 0.1) is 5.41 Å². The number of amidine groups is 1. The van der Waals surface area contributed by atoms with E-state index in [0.29, 0.717) is 6.54 Å². The molecule has 1 fully saturated rings. The van der Waals surface area contributed by atoms with Crippen molar-refractivity contribution in [1.29, 1.82) is 0 Å². The SMILES string of the molecule is CC1(CNC(=O)CC(N)=NO)CCCC1. The van der Waals surface area contributed by atoms with Gasteiger partial charge in [-0.2, -0.15) is 0 Å². The molecule has 0 bridgehead atoms. The van der Waals surface area contributed by atoms with Crippen LogP contribution in [0.15, 0.2) is 5.16 Å². The highest BCUT2D eigenvalue weighted by Gasteiger charge is 2.28. The average molecular weight is 213 g/mol. The van der Waals surface area contributed by atoms with Gasteiger partial charge < -0.3 is 16.3 Å². The number of carbonyl (C=O) groups is 1. The molecule has 5 heteroatoms. The van der Waals surface area contributed by atoms with E-state index in [2.05, 4.69) is 17.4 Å². The maximum absolute atomic E-state index is 11.3. The van der Waals surface area contributed by atoms with Crippen LogP contribution < -0.4 is 11.1 Å². The summed E-state index contributed by atoms with van der Waals surface area (Å²) in [7, 11) is 0. The van der Waals surface area contributed by atoms with Crippen molar-refractivity contribution in [1.82, 2.24) is 5.32 Å². The van der Waals surface area contributed by atoms with E-state index in [4.69, 9.17) is 10.9 Å². The van der Waals surface area contributed by atoms with Gasteiger partial charge in [0.25, 0.3) is 0 Å². The van der Waals surface area contributed by atoms with Crippen LogP contribution in [0.3, 0.4) is 0 Å². The Balaban J connectivity index is 2.27. The van der Waals surface area contributed by atoms with Gasteiger partial charge in [0.05, 0.1) is 6.42 Å². The first kappa shape index (κ1) is 11.8. The minimum Gasteiger partial charge on any atom is -0.409 e. The lowest BCUT2D eigenvalue weighted by molar-refractivity contribution is -0.120. The Kier molecular flexibility index (Phi) is 3.94. The standard InChI is InChI=1S/C10H19N3O2/c1-10(4-2-3-5-10)7-12-9(14)6-8(11)13-15/h15H,2-7H2,1H3,(H2,11,13)(H,12,14). The average Bonchev–Trinajstić information content (AvgIpc) is 2.63. The number of rotatable bonds is 4. The Morgan fingerprint density at radius 2 is 2.13 bits per heavy atom. The van der Waals surface area contributed by atoms with E-state index in [1.165, 1.54) is 12.8 Å². The molecule has 1 rings (SSSR count). The van der Waals surface area contributed by atoms with Crippen molar-refractivity contribution < 1.29 is 10.0 Å². The molecule has 1 amide bonds. The number of hydrogen-bond acceptors (Lipinski definition) is 3. The fourth-order valence-corrected chi connectivity index (χ4v) is 1.98. The Hall–Kier alpha value is -1.26. The van der Waals surface area contributed by atoms with Gasteiger partial charge in [-0.1, -0.05) is 24.9 Å². The van der Waals surface area contributed by atoms with E-state index in [0.717, 1.165) is 12.8 Å². The zero-order valence-electron chi connectivity index (χ0n) is 9.12. The van der Waals surface area contributed by atoms with Crippen LogP contribution in [-0.2, 0) is 4.79 Å². The molecule has 1 aliphatic rings. The van der Waals surface area contributed by atoms with E-state index >= 15 is 0 Å². The first-order valence-corrected chi connectivity index (χ1v) is 5.29. The quantitative estimate of drug-likeness (QED) is 0.279. The Bertz CT molecular complexity index is 257. The van der Waals surface area contributed by atoms with Gasteiger partial charge in [0.2, 0.25) is 5.91 Å². The molecule has 0 aliphatic heterocycles. The zero-order chi connectivity index (χ0) is 11.3. The summed E-state index contributed by atoms with van der Waals surface area (Å²) in [6.07, 6.45) is 4.78. The van der Waals surface area contributed by atoms with E-state index in [1.807, 2.05) is 0 Å². The molecule has 0 aromatic heterocycles. The summed E-state index contributed by atoms with van der Waals surface area (Å²) < 4.78 is 0. The van der Waals surface area contributed by atoms with Crippen LogP contribution in [0.2, 0.25) is 0 Å². The van der Waals surface area contributed by atoms with E-state index in [-0.39, 0.29) is 23.6 Å². The number of oxime groups is 1. The van der Waals surface area contributed by atoms with Crippen LogP contribution in [0.25, 0.3) is 0 Å². The van der Waals surface area contributed by atoms with Crippen LogP contribution >= 0.6 is 0 Å². The number of amides is 1. The number of nitrogens with two attached hydrogens (primary N) is 1. The molecule has 15 heavy (non-hydrogen) atoms. The maximum Gasteiger partial charge on any atom is 0.227 e. The van der Waals surface area contributed by atoms with Gasteiger partial charge in [-0.05, 0) is 18.3 Å². The number of carbonyl (C=O) groups excluding carboxylic acids is 1. The Morgan fingerprint density at radius 1 is 1.53 bits per heavy atom. The smallest absolute Gasteiger partial charge is 0.227 e. The highest BCUT2D eigenvalue weighted by atomic mass is 16.4. The lowest BCUT2D eigenvalue weighted by Gasteiger charge is -2.23. The van der Waals surface area contributed by atoms with Crippen molar-refractivity contribution in [2.75, 3.05) is 6.54 Å². The fourth-order valence-electron chi connectivity index (χ4n) is 1.98. The predicted molar refractivity (Wildman–Crippen MR) is 57.6 cm³/mol. The molecule has 0 aromatic rings. The highest BCUT2D eigenvalue weighted by molar-refractivity contribution is 5.98. The van der Waals surface area contributed by atoms with Crippen molar-refractivity contribution >= 4 is 11.7 Å². The van der Waals surface area contributed by atoms with E-state index < -0.39 is 0 Å². The molecule has 0 aromatic carbocycles. The van der Waals surface area contributed by atoms with Gasteiger partial charge in [-0.15, -0.1) is 0 Å². The molecule has 0 spiro atoms. The first-order valence-electron chi connectivity index (χ1n) is 5.29. The monoisotopic (exact) mass is 213 g/mol. The summed E-state index contributed by atoms with van der Waals surface area (Å²) in [5.41, 5.74) is 5.47. The third-order valence-electron chi connectivity index (χ3n) is 2.99. The molecule has 1 aliphatic carbocycles. The van der Waals surface area contributed by atoms with Crippen LogP contribution in [0.5, 0.6) is 0 Å². The van der Waals surface area contributed by atoms with Gasteiger partial charge >= 0.3 is 0 Å². The van der Waals surface area contributed by atoms with Crippen molar-refractivity contribution in [3.63, 3.8) is 0 Å². The largest absolute Gasteiger partial charge is 0.409 e. The third kappa shape index (κ3) is 3.77. The van der Waals surface area contributed by atoms with Gasteiger partial charge in [0.1, 0.15) is 5.84 Å². The molecule has 5 nitrogen and oxygen atoms in total. The van der Waals surface area contributed by atoms with Gasteiger partial charge in [0, 0.05) is 6.54 Å². The first-order chi connectivity index (χ1) is 7.06. The third-order valence-corrected chi connectivity index (χ3v) is 2.99. The summed E-state index contributed by atoms with van der Waals surface area (Å²) >= 11 is 0.